The highest BCUT2D eigenvalue weighted by molar-refractivity contribution is 5.95. The zero-order valence-corrected chi connectivity index (χ0v) is 16.2. The second-order valence-electron chi connectivity index (χ2n) is 6.31. The molecule has 0 radical (unpaired) electrons. The maximum absolute atomic E-state index is 12.4. The number of hydrogen-bond donors (Lipinski definition) is 1. The number of nitrogens with one attached hydrogen (secondary N) is 1. The number of carbonyl (C=O) groups is 1. The average Bonchev–Trinajstić information content (AvgIpc) is 2.95. The van der Waals surface area contributed by atoms with Crippen LogP contribution in [0, 0.1) is 13.8 Å². The van der Waals surface area contributed by atoms with Gasteiger partial charge in [-0.3, -0.25) is 9.48 Å². The van der Waals surface area contributed by atoms with Gasteiger partial charge in [0.15, 0.2) is 0 Å². The summed E-state index contributed by atoms with van der Waals surface area (Å²) < 4.78 is 12.6. The minimum Gasteiger partial charge on any atom is -0.379 e. The maximum atomic E-state index is 12.4. The molecule has 0 spiro atoms. The molecule has 26 heavy (non-hydrogen) atoms. The predicted octanol–water partition coefficient (Wildman–Crippen LogP) is 2.88. The van der Waals surface area contributed by atoms with Crippen LogP contribution in [0.4, 0.5) is 0 Å². The van der Waals surface area contributed by atoms with Crippen molar-refractivity contribution in [2.45, 2.75) is 27.2 Å². The second kappa shape index (κ2) is 10.1. The van der Waals surface area contributed by atoms with E-state index in [2.05, 4.69) is 17.3 Å². The molecule has 0 bridgehead atoms. The Labute approximate surface area is 155 Å². The Bertz CT molecular complexity index is 725. The first-order chi connectivity index (χ1) is 12.5. The first-order valence-corrected chi connectivity index (χ1v) is 9.08. The normalized spacial score (nSPS) is 10.9. The summed E-state index contributed by atoms with van der Waals surface area (Å²) in [5.41, 5.74) is 4.79. The Balaban J connectivity index is 1.88. The zero-order valence-electron chi connectivity index (χ0n) is 16.2. The lowest BCUT2D eigenvalue weighted by Gasteiger charge is -2.10. The van der Waals surface area contributed by atoms with Gasteiger partial charge >= 0.3 is 0 Å². The van der Waals surface area contributed by atoms with Gasteiger partial charge in [-0.1, -0.05) is 13.0 Å². The van der Waals surface area contributed by atoms with E-state index in [0.717, 1.165) is 35.4 Å². The van der Waals surface area contributed by atoms with Crippen LogP contribution in [0.5, 0.6) is 0 Å². The fourth-order valence-electron chi connectivity index (χ4n) is 2.72. The summed E-state index contributed by atoms with van der Waals surface area (Å²) in [5, 5.41) is 7.28. The summed E-state index contributed by atoms with van der Waals surface area (Å²) in [6, 6.07) is 5.74. The van der Waals surface area contributed by atoms with Crippen LogP contribution >= 0.6 is 0 Å². The fraction of sp³-hybridized carbons (Fsp3) is 0.500. The molecule has 0 atom stereocenters. The summed E-state index contributed by atoms with van der Waals surface area (Å²) in [7, 11) is 1.90. The number of ether oxygens (including phenoxy) is 2. The van der Waals surface area contributed by atoms with Gasteiger partial charge in [0.25, 0.3) is 5.91 Å². The molecule has 142 valence electrons. The van der Waals surface area contributed by atoms with E-state index < -0.39 is 0 Å². The van der Waals surface area contributed by atoms with Gasteiger partial charge in [-0.15, -0.1) is 0 Å². The summed E-state index contributed by atoms with van der Waals surface area (Å²) in [5.74, 6) is -0.0985. The first-order valence-electron chi connectivity index (χ1n) is 9.08. The Kier molecular flexibility index (Phi) is 7.81. The predicted molar refractivity (Wildman–Crippen MR) is 102 cm³/mol. The van der Waals surface area contributed by atoms with Crippen LogP contribution in [-0.4, -0.2) is 48.7 Å². The first kappa shape index (κ1) is 20.1. The highest BCUT2D eigenvalue weighted by Gasteiger charge is 2.12. The number of amides is 1. The van der Waals surface area contributed by atoms with Crippen LogP contribution in [-0.2, 0) is 16.5 Å². The minimum absolute atomic E-state index is 0.0985. The van der Waals surface area contributed by atoms with Crippen molar-refractivity contribution in [3.63, 3.8) is 0 Å². The molecule has 1 aromatic carbocycles. The highest BCUT2D eigenvalue weighted by Crippen LogP contribution is 2.26. The molecular weight excluding hydrogens is 330 g/mol. The molecule has 1 amide bonds. The molecule has 1 heterocycles. The van der Waals surface area contributed by atoms with E-state index in [1.54, 1.807) is 4.68 Å². The van der Waals surface area contributed by atoms with E-state index in [9.17, 15) is 4.79 Å². The van der Waals surface area contributed by atoms with Crippen LogP contribution in [0.3, 0.4) is 0 Å². The second-order valence-corrected chi connectivity index (χ2v) is 6.31. The monoisotopic (exact) mass is 359 g/mol. The van der Waals surface area contributed by atoms with Crippen molar-refractivity contribution in [3.05, 3.63) is 41.2 Å². The van der Waals surface area contributed by atoms with E-state index in [-0.39, 0.29) is 5.91 Å². The molecule has 0 aliphatic carbocycles. The lowest BCUT2D eigenvalue weighted by atomic mass is 9.98. The van der Waals surface area contributed by atoms with E-state index in [1.165, 1.54) is 0 Å². The van der Waals surface area contributed by atoms with Crippen LogP contribution in [0.25, 0.3) is 11.1 Å². The lowest BCUT2D eigenvalue weighted by Crippen LogP contribution is -2.27. The Morgan fingerprint density at radius 1 is 1.12 bits per heavy atom. The van der Waals surface area contributed by atoms with Gasteiger partial charge in [-0.05, 0) is 43.5 Å². The molecule has 6 nitrogen and oxygen atoms in total. The molecule has 0 saturated carbocycles. The number of nitrogens with zero attached hydrogens (tertiary/aromatic N) is 2. The number of aryl methyl sites for hydroxylation is 3. The molecule has 1 N–H and O–H groups in total. The molecule has 2 rings (SSSR count). The van der Waals surface area contributed by atoms with E-state index in [0.29, 0.717) is 31.9 Å². The maximum Gasteiger partial charge on any atom is 0.251 e. The number of rotatable bonds is 10. The molecule has 0 saturated heterocycles. The van der Waals surface area contributed by atoms with Crippen molar-refractivity contribution < 1.29 is 14.3 Å². The third-order valence-electron chi connectivity index (χ3n) is 4.06. The molecule has 2 aromatic rings. The van der Waals surface area contributed by atoms with E-state index in [1.807, 2.05) is 45.3 Å². The molecule has 0 fully saturated rings. The van der Waals surface area contributed by atoms with Gasteiger partial charge in [-0.2, -0.15) is 5.10 Å². The topological polar surface area (TPSA) is 65.4 Å². The van der Waals surface area contributed by atoms with Crippen molar-refractivity contribution in [2.24, 2.45) is 7.05 Å². The third-order valence-corrected chi connectivity index (χ3v) is 4.06. The summed E-state index contributed by atoms with van der Waals surface area (Å²) in [6.45, 7) is 8.93. The number of hydrogen-bond acceptors (Lipinski definition) is 4. The van der Waals surface area contributed by atoms with Crippen LogP contribution < -0.4 is 5.32 Å². The standard InChI is InChI=1S/C20H29N3O3/c1-5-9-25-11-12-26-10-8-21-20(24)17-7-6-15(2)18(13-17)19-14-23(4)22-16(19)3/h6-7,13-14H,5,8-12H2,1-4H3,(H,21,24). The number of benzene rings is 1. The van der Waals surface area contributed by atoms with Gasteiger partial charge in [-0.25, -0.2) is 0 Å². The van der Waals surface area contributed by atoms with Crippen molar-refractivity contribution in [1.82, 2.24) is 15.1 Å². The van der Waals surface area contributed by atoms with Crippen LogP contribution in [0.1, 0.15) is 35.0 Å². The zero-order chi connectivity index (χ0) is 18.9. The van der Waals surface area contributed by atoms with Gasteiger partial charge in [0.2, 0.25) is 0 Å². The molecule has 0 unspecified atom stereocenters. The van der Waals surface area contributed by atoms with Crippen LogP contribution in [0.15, 0.2) is 24.4 Å². The van der Waals surface area contributed by atoms with Crippen molar-refractivity contribution >= 4 is 5.91 Å². The molecule has 0 aliphatic heterocycles. The molecular formula is C20H29N3O3. The quantitative estimate of drug-likeness (QED) is 0.663. The SMILES string of the molecule is CCCOCCOCCNC(=O)c1ccc(C)c(-c2cn(C)nc2C)c1. The average molecular weight is 359 g/mol. The Morgan fingerprint density at radius 2 is 1.85 bits per heavy atom. The smallest absolute Gasteiger partial charge is 0.251 e. The summed E-state index contributed by atoms with van der Waals surface area (Å²) in [6.07, 6.45) is 2.99. The number of carbonyl (C=O) groups excluding carboxylic acids is 1. The van der Waals surface area contributed by atoms with E-state index in [4.69, 9.17) is 9.47 Å². The van der Waals surface area contributed by atoms with Gasteiger partial charge in [0.1, 0.15) is 0 Å². The lowest BCUT2D eigenvalue weighted by molar-refractivity contribution is 0.0485. The third kappa shape index (κ3) is 5.68. The Morgan fingerprint density at radius 3 is 2.50 bits per heavy atom. The van der Waals surface area contributed by atoms with E-state index >= 15 is 0 Å². The largest absolute Gasteiger partial charge is 0.379 e. The minimum atomic E-state index is -0.0985. The van der Waals surface area contributed by atoms with Gasteiger partial charge in [0, 0.05) is 37.5 Å². The van der Waals surface area contributed by atoms with Gasteiger partial charge < -0.3 is 14.8 Å². The molecule has 6 heteroatoms. The Hall–Kier alpha value is -2.18. The summed E-state index contributed by atoms with van der Waals surface area (Å²) in [4.78, 5) is 12.4. The van der Waals surface area contributed by atoms with Crippen LogP contribution in [0.2, 0.25) is 0 Å². The highest BCUT2D eigenvalue weighted by atomic mass is 16.5. The number of aromatic nitrogens is 2. The van der Waals surface area contributed by atoms with Gasteiger partial charge in [0.05, 0.1) is 25.5 Å². The van der Waals surface area contributed by atoms with Crippen molar-refractivity contribution in [1.29, 1.82) is 0 Å². The summed E-state index contributed by atoms with van der Waals surface area (Å²) >= 11 is 0. The fourth-order valence-corrected chi connectivity index (χ4v) is 2.72. The van der Waals surface area contributed by atoms with Crippen molar-refractivity contribution in [3.8, 4) is 11.1 Å². The molecule has 0 aliphatic rings. The molecule has 1 aromatic heterocycles. The van der Waals surface area contributed by atoms with Crippen molar-refractivity contribution in [2.75, 3.05) is 33.0 Å².